The molecule has 28 heavy (non-hydrogen) atoms. The van der Waals surface area contributed by atoms with Crippen LogP contribution in [0.4, 0.5) is 5.82 Å². The summed E-state index contributed by atoms with van der Waals surface area (Å²) in [6.45, 7) is 2.58. The summed E-state index contributed by atoms with van der Waals surface area (Å²) in [6, 6.07) is 13.9. The second-order valence-corrected chi connectivity index (χ2v) is 7.48. The predicted octanol–water partition coefficient (Wildman–Crippen LogP) is 3.52. The van der Waals surface area contributed by atoms with Gasteiger partial charge in [0.15, 0.2) is 5.16 Å². The SMILES string of the molecule is CSc1ncc(C(=O)NCc2ccc(N3CCCC3)nc2)n1-c1ccccc1. The van der Waals surface area contributed by atoms with Gasteiger partial charge in [0.25, 0.3) is 5.91 Å². The van der Waals surface area contributed by atoms with Crippen molar-refractivity contribution in [2.75, 3.05) is 24.2 Å². The Kier molecular flexibility index (Phi) is 5.62. The third kappa shape index (κ3) is 3.89. The van der Waals surface area contributed by atoms with E-state index in [0.29, 0.717) is 12.2 Å². The molecular formula is C21H23N5OS. The molecule has 6 nitrogen and oxygen atoms in total. The van der Waals surface area contributed by atoms with Crippen LogP contribution in [0.2, 0.25) is 0 Å². The number of benzene rings is 1. The van der Waals surface area contributed by atoms with Gasteiger partial charge in [-0.05, 0) is 42.9 Å². The topological polar surface area (TPSA) is 63.1 Å². The highest BCUT2D eigenvalue weighted by Gasteiger charge is 2.18. The van der Waals surface area contributed by atoms with Gasteiger partial charge in [0.05, 0.1) is 6.20 Å². The molecule has 3 aromatic rings. The van der Waals surface area contributed by atoms with Gasteiger partial charge in [-0.15, -0.1) is 0 Å². The van der Waals surface area contributed by atoms with E-state index < -0.39 is 0 Å². The minimum absolute atomic E-state index is 0.153. The van der Waals surface area contributed by atoms with E-state index in [1.54, 1.807) is 6.20 Å². The van der Waals surface area contributed by atoms with E-state index >= 15 is 0 Å². The van der Waals surface area contributed by atoms with E-state index in [0.717, 1.165) is 35.3 Å². The fourth-order valence-corrected chi connectivity index (χ4v) is 3.94. The van der Waals surface area contributed by atoms with Gasteiger partial charge in [-0.2, -0.15) is 0 Å². The predicted molar refractivity (Wildman–Crippen MR) is 112 cm³/mol. The number of hydrogen-bond donors (Lipinski definition) is 1. The van der Waals surface area contributed by atoms with E-state index in [1.807, 2.05) is 59.5 Å². The van der Waals surface area contributed by atoms with E-state index in [9.17, 15) is 4.79 Å². The Labute approximate surface area is 169 Å². The molecule has 1 N–H and O–H groups in total. The van der Waals surface area contributed by atoms with Gasteiger partial charge in [-0.3, -0.25) is 9.36 Å². The molecular weight excluding hydrogens is 370 g/mol. The second kappa shape index (κ2) is 8.48. The molecule has 0 saturated carbocycles. The van der Waals surface area contributed by atoms with Crippen molar-refractivity contribution in [3.05, 3.63) is 66.1 Å². The molecule has 0 radical (unpaired) electrons. The Morgan fingerprint density at radius 2 is 1.86 bits per heavy atom. The van der Waals surface area contributed by atoms with Gasteiger partial charge in [-0.1, -0.05) is 36.0 Å². The van der Waals surface area contributed by atoms with Crippen LogP contribution in [0.1, 0.15) is 28.9 Å². The summed E-state index contributed by atoms with van der Waals surface area (Å²) in [4.78, 5) is 24.0. The maximum Gasteiger partial charge on any atom is 0.270 e. The number of rotatable bonds is 6. The molecule has 0 unspecified atom stereocenters. The molecule has 7 heteroatoms. The van der Waals surface area contributed by atoms with Crippen molar-refractivity contribution in [2.24, 2.45) is 0 Å². The molecule has 0 bridgehead atoms. The van der Waals surface area contributed by atoms with Crippen LogP contribution < -0.4 is 10.2 Å². The molecule has 1 amide bonds. The first-order chi connectivity index (χ1) is 13.8. The average molecular weight is 394 g/mol. The Bertz CT molecular complexity index is 933. The molecule has 1 aliphatic heterocycles. The van der Waals surface area contributed by atoms with Crippen LogP contribution in [0.3, 0.4) is 0 Å². The lowest BCUT2D eigenvalue weighted by atomic mass is 10.2. The highest BCUT2D eigenvalue weighted by atomic mass is 32.2. The Morgan fingerprint density at radius 3 is 2.54 bits per heavy atom. The summed E-state index contributed by atoms with van der Waals surface area (Å²) < 4.78 is 1.88. The van der Waals surface area contributed by atoms with Gasteiger partial charge in [0, 0.05) is 31.5 Å². The number of amides is 1. The summed E-state index contributed by atoms with van der Waals surface area (Å²) in [5.74, 6) is 0.861. The van der Waals surface area contributed by atoms with Crippen molar-refractivity contribution in [3.63, 3.8) is 0 Å². The third-order valence-electron chi connectivity index (χ3n) is 4.85. The van der Waals surface area contributed by atoms with Crippen molar-refractivity contribution in [1.29, 1.82) is 0 Å². The summed E-state index contributed by atoms with van der Waals surface area (Å²) >= 11 is 1.51. The van der Waals surface area contributed by atoms with Crippen LogP contribution in [-0.2, 0) is 6.54 Å². The molecule has 1 saturated heterocycles. The minimum Gasteiger partial charge on any atom is -0.357 e. The quantitative estimate of drug-likeness (QED) is 0.649. The fourth-order valence-electron chi connectivity index (χ4n) is 3.39. The highest BCUT2D eigenvalue weighted by Crippen LogP contribution is 2.22. The average Bonchev–Trinajstić information content (AvgIpc) is 3.43. The van der Waals surface area contributed by atoms with Gasteiger partial charge < -0.3 is 10.2 Å². The molecule has 0 aliphatic carbocycles. The van der Waals surface area contributed by atoms with E-state index in [4.69, 9.17) is 0 Å². The number of hydrogen-bond acceptors (Lipinski definition) is 5. The zero-order valence-corrected chi connectivity index (χ0v) is 16.7. The lowest BCUT2D eigenvalue weighted by Gasteiger charge is -2.16. The van der Waals surface area contributed by atoms with E-state index in [1.165, 1.54) is 24.6 Å². The van der Waals surface area contributed by atoms with Crippen molar-refractivity contribution in [3.8, 4) is 5.69 Å². The maximum atomic E-state index is 12.8. The fraction of sp³-hybridized carbons (Fsp3) is 0.286. The van der Waals surface area contributed by atoms with Crippen LogP contribution in [0.15, 0.2) is 60.0 Å². The number of nitrogens with zero attached hydrogens (tertiary/aromatic N) is 4. The first-order valence-corrected chi connectivity index (χ1v) is 10.6. The molecule has 1 fully saturated rings. The molecule has 144 valence electrons. The number of carbonyl (C=O) groups excluding carboxylic acids is 1. The number of pyridine rings is 1. The van der Waals surface area contributed by atoms with Crippen LogP contribution in [0.5, 0.6) is 0 Å². The zero-order valence-electron chi connectivity index (χ0n) is 15.8. The van der Waals surface area contributed by atoms with Crippen LogP contribution >= 0.6 is 11.8 Å². The summed E-state index contributed by atoms with van der Waals surface area (Å²) in [5.41, 5.74) is 2.43. The molecule has 1 aromatic carbocycles. The van der Waals surface area contributed by atoms with Crippen LogP contribution in [0, 0.1) is 0 Å². The number of imidazole rings is 1. The van der Waals surface area contributed by atoms with Gasteiger partial charge in [0.2, 0.25) is 0 Å². The normalized spacial score (nSPS) is 13.7. The molecule has 4 rings (SSSR count). The summed E-state index contributed by atoms with van der Waals surface area (Å²) in [6.07, 6.45) is 7.88. The Balaban J connectivity index is 1.46. The van der Waals surface area contributed by atoms with Crippen molar-refractivity contribution in [1.82, 2.24) is 19.9 Å². The number of thioether (sulfide) groups is 1. The zero-order chi connectivity index (χ0) is 19.3. The highest BCUT2D eigenvalue weighted by molar-refractivity contribution is 7.98. The molecule has 0 spiro atoms. The van der Waals surface area contributed by atoms with Crippen LogP contribution in [-0.4, -0.2) is 39.8 Å². The van der Waals surface area contributed by atoms with Gasteiger partial charge >= 0.3 is 0 Å². The number of para-hydroxylation sites is 1. The van der Waals surface area contributed by atoms with Gasteiger partial charge in [-0.25, -0.2) is 9.97 Å². The minimum atomic E-state index is -0.153. The van der Waals surface area contributed by atoms with Crippen molar-refractivity contribution in [2.45, 2.75) is 24.5 Å². The van der Waals surface area contributed by atoms with E-state index in [-0.39, 0.29) is 5.91 Å². The standard InChI is InChI=1S/C21H23N5OS/c1-28-21-24-15-18(26(21)17-7-3-2-4-8-17)20(27)23-14-16-9-10-19(22-13-16)25-11-5-6-12-25/h2-4,7-10,13,15H,5-6,11-12,14H2,1H3,(H,23,27). The second-order valence-electron chi connectivity index (χ2n) is 6.70. The molecule has 1 aliphatic rings. The number of aromatic nitrogens is 3. The molecule has 3 heterocycles. The number of nitrogens with one attached hydrogen (secondary N) is 1. The molecule has 0 atom stereocenters. The van der Waals surface area contributed by atoms with Gasteiger partial charge in [0.1, 0.15) is 11.5 Å². The number of anilines is 1. The largest absolute Gasteiger partial charge is 0.357 e. The van der Waals surface area contributed by atoms with Crippen molar-refractivity contribution < 1.29 is 4.79 Å². The summed E-state index contributed by atoms with van der Waals surface area (Å²) in [7, 11) is 0. The van der Waals surface area contributed by atoms with E-state index in [2.05, 4.69) is 20.2 Å². The smallest absolute Gasteiger partial charge is 0.270 e. The monoisotopic (exact) mass is 393 g/mol. The summed E-state index contributed by atoms with van der Waals surface area (Å²) in [5, 5.41) is 3.77. The van der Waals surface area contributed by atoms with Crippen LogP contribution in [0.25, 0.3) is 5.69 Å². The Morgan fingerprint density at radius 1 is 1.07 bits per heavy atom. The lowest BCUT2D eigenvalue weighted by Crippen LogP contribution is -2.25. The number of carbonyl (C=O) groups is 1. The first-order valence-electron chi connectivity index (χ1n) is 9.41. The maximum absolute atomic E-state index is 12.8. The Hall–Kier alpha value is -2.80. The lowest BCUT2D eigenvalue weighted by molar-refractivity contribution is 0.0943. The first kappa shape index (κ1) is 18.6. The third-order valence-corrected chi connectivity index (χ3v) is 5.50. The molecule has 2 aromatic heterocycles. The van der Waals surface area contributed by atoms with Crippen molar-refractivity contribution >= 4 is 23.5 Å².